The van der Waals surface area contributed by atoms with E-state index in [0.29, 0.717) is 17.5 Å². The van der Waals surface area contributed by atoms with E-state index in [9.17, 15) is 18.0 Å². The highest BCUT2D eigenvalue weighted by Gasteiger charge is 2.32. The van der Waals surface area contributed by atoms with Gasteiger partial charge in [0, 0.05) is 13.1 Å². The van der Waals surface area contributed by atoms with Crippen molar-refractivity contribution in [3.8, 4) is 0 Å². The molecule has 1 unspecified atom stereocenters. The second-order valence-electron chi connectivity index (χ2n) is 5.58. The van der Waals surface area contributed by atoms with E-state index >= 15 is 0 Å². The Morgan fingerprint density at radius 1 is 1.45 bits per heavy atom. The van der Waals surface area contributed by atoms with Crippen LogP contribution in [0.2, 0.25) is 0 Å². The van der Waals surface area contributed by atoms with Crippen LogP contribution in [0.25, 0.3) is 11.1 Å². The number of fused-ring (bicyclic) bond motifs is 1. The first-order valence-corrected chi connectivity index (χ1v) is 8.74. The van der Waals surface area contributed by atoms with Gasteiger partial charge >= 0.3 is 5.76 Å². The molecule has 1 aliphatic rings. The largest absolute Gasteiger partial charge is 0.417 e. The number of aromatic amines is 1. The second kappa shape index (κ2) is 5.28. The molecule has 1 atom stereocenters. The Morgan fingerprint density at radius 2 is 2.23 bits per heavy atom. The molecule has 1 aromatic heterocycles. The van der Waals surface area contributed by atoms with E-state index < -0.39 is 15.6 Å². The Balaban J connectivity index is 1.73. The summed E-state index contributed by atoms with van der Waals surface area (Å²) in [7, 11) is -1.39. The van der Waals surface area contributed by atoms with Crippen LogP contribution in [0.4, 0.5) is 0 Å². The van der Waals surface area contributed by atoms with Crippen LogP contribution in [0.5, 0.6) is 0 Å². The van der Waals surface area contributed by atoms with Crippen LogP contribution >= 0.6 is 0 Å². The summed E-state index contributed by atoms with van der Waals surface area (Å²) in [5.74, 6) is -0.514. The third kappa shape index (κ3) is 2.92. The number of nitrogens with one attached hydrogen (secondary N) is 1. The Bertz CT molecular complexity index is 880. The maximum absolute atomic E-state index is 12.3. The molecule has 1 amide bonds. The Kier molecular flexibility index (Phi) is 3.56. The van der Waals surface area contributed by atoms with Crippen LogP contribution in [-0.4, -0.2) is 48.8 Å². The minimum absolute atomic E-state index is 0.0311. The molecule has 1 fully saturated rings. The first kappa shape index (κ1) is 14.8. The van der Waals surface area contributed by atoms with Gasteiger partial charge in [0.05, 0.1) is 23.4 Å². The van der Waals surface area contributed by atoms with Crippen molar-refractivity contribution in [1.29, 1.82) is 0 Å². The average Bonchev–Trinajstić information content (AvgIpc) is 2.98. The fourth-order valence-corrected chi connectivity index (χ4v) is 4.47. The number of hydrogen-bond donors (Lipinski definition) is 1. The number of benzene rings is 1. The summed E-state index contributed by atoms with van der Waals surface area (Å²) < 4.78 is 27.9. The number of likely N-dealkylation sites (N-methyl/N-ethyl adjacent to an activating group) is 1. The highest BCUT2D eigenvalue weighted by molar-refractivity contribution is 7.91. The summed E-state index contributed by atoms with van der Waals surface area (Å²) in [4.78, 5) is 27.4. The van der Waals surface area contributed by atoms with E-state index in [1.807, 2.05) is 0 Å². The molecule has 1 aliphatic heterocycles. The highest BCUT2D eigenvalue weighted by Crippen LogP contribution is 2.18. The number of nitrogens with zero attached hydrogens (tertiary/aromatic N) is 1. The lowest BCUT2D eigenvalue weighted by Gasteiger charge is -2.23. The molecule has 22 heavy (non-hydrogen) atoms. The number of oxazole rings is 1. The van der Waals surface area contributed by atoms with Crippen LogP contribution in [0.3, 0.4) is 0 Å². The molecule has 1 aromatic carbocycles. The van der Waals surface area contributed by atoms with Gasteiger partial charge in [-0.15, -0.1) is 0 Å². The maximum atomic E-state index is 12.3. The first-order chi connectivity index (χ1) is 10.3. The zero-order chi connectivity index (χ0) is 15.9. The van der Waals surface area contributed by atoms with Crippen LogP contribution in [-0.2, 0) is 21.1 Å². The lowest BCUT2D eigenvalue weighted by molar-refractivity contribution is -0.130. The zero-order valence-corrected chi connectivity index (χ0v) is 12.9. The van der Waals surface area contributed by atoms with Crippen molar-refractivity contribution in [3.63, 3.8) is 0 Å². The summed E-state index contributed by atoms with van der Waals surface area (Å²) in [6.07, 6.45) is 0.634. The molecule has 1 N–H and O–H groups in total. The zero-order valence-electron chi connectivity index (χ0n) is 12.0. The Labute approximate surface area is 126 Å². The van der Waals surface area contributed by atoms with E-state index in [4.69, 9.17) is 4.42 Å². The number of H-pyrrole nitrogens is 1. The summed E-state index contributed by atoms with van der Waals surface area (Å²) in [6.45, 7) is 0. The van der Waals surface area contributed by atoms with Crippen molar-refractivity contribution >= 4 is 26.8 Å². The monoisotopic (exact) mass is 324 g/mol. The van der Waals surface area contributed by atoms with Crippen molar-refractivity contribution in [1.82, 2.24) is 9.88 Å². The predicted molar refractivity (Wildman–Crippen MR) is 80.4 cm³/mol. The molecular formula is C14H16N2O5S. The molecule has 2 heterocycles. The van der Waals surface area contributed by atoms with Crippen molar-refractivity contribution in [3.05, 3.63) is 34.3 Å². The van der Waals surface area contributed by atoms with Gasteiger partial charge in [0.25, 0.3) is 0 Å². The van der Waals surface area contributed by atoms with Crippen molar-refractivity contribution < 1.29 is 17.6 Å². The summed E-state index contributed by atoms with van der Waals surface area (Å²) in [6, 6.07) is 4.79. The molecular weight excluding hydrogens is 308 g/mol. The average molecular weight is 324 g/mol. The van der Waals surface area contributed by atoms with Crippen LogP contribution in [0, 0.1) is 0 Å². The number of sulfone groups is 1. The summed E-state index contributed by atoms with van der Waals surface area (Å²) >= 11 is 0. The van der Waals surface area contributed by atoms with E-state index in [0.717, 1.165) is 5.56 Å². The van der Waals surface area contributed by atoms with Gasteiger partial charge < -0.3 is 9.32 Å². The smallest absolute Gasteiger partial charge is 0.408 e. The van der Waals surface area contributed by atoms with Crippen LogP contribution < -0.4 is 5.76 Å². The molecule has 2 aromatic rings. The summed E-state index contributed by atoms with van der Waals surface area (Å²) in [5.41, 5.74) is 1.72. The van der Waals surface area contributed by atoms with E-state index in [1.54, 1.807) is 25.2 Å². The molecule has 3 rings (SSSR count). The van der Waals surface area contributed by atoms with Gasteiger partial charge in [-0.1, -0.05) is 6.07 Å². The molecule has 118 valence electrons. The lowest BCUT2D eigenvalue weighted by atomic mass is 10.1. The third-order valence-corrected chi connectivity index (χ3v) is 5.74. The number of hydrogen-bond acceptors (Lipinski definition) is 5. The lowest BCUT2D eigenvalue weighted by Crippen LogP contribution is -2.38. The minimum atomic E-state index is -3.02. The van der Waals surface area contributed by atoms with Crippen LogP contribution in [0.1, 0.15) is 12.0 Å². The van der Waals surface area contributed by atoms with Crippen LogP contribution in [0.15, 0.2) is 27.4 Å². The van der Waals surface area contributed by atoms with E-state index in [-0.39, 0.29) is 29.9 Å². The first-order valence-electron chi connectivity index (χ1n) is 6.92. The fourth-order valence-electron chi connectivity index (χ4n) is 2.69. The SMILES string of the molecule is CN(C(=O)Cc1ccc2oc(=O)[nH]c2c1)C1CCS(=O)(=O)C1. The molecule has 7 nitrogen and oxygen atoms in total. The topological polar surface area (TPSA) is 100 Å². The van der Waals surface area contributed by atoms with Gasteiger partial charge in [-0.05, 0) is 24.1 Å². The number of rotatable bonds is 3. The molecule has 0 spiro atoms. The van der Waals surface area contributed by atoms with Gasteiger partial charge in [-0.2, -0.15) is 0 Å². The maximum Gasteiger partial charge on any atom is 0.417 e. The van der Waals surface area contributed by atoms with Gasteiger partial charge in [0.15, 0.2) is 15.4 Å². The van der Waals surface area contributed by atoms with Crippen molar-refractivity contribution in [2.24, 2.45) is 0 Å². The minimum Gasteiger partial charge on any atom is -0.408 e. The van der Waals surface area contributed by atoms with Gasteiger partial charge in [-0.3, -0.25) is 9.78 Å². The third-order valence-electron chi connectivity index (χ3n) is 3.99. The van der Waals surface area contributed by atoms with Gasteiger partial charge in [0.2, 0.25) is 5.91 Å². The molecule has 0 bridgehead atoms. The molecule has 0 radical (unpaired) electrons. The van der Waals surface area contributed by atoms with Gasteiger partial charge in [0.1, 0.15) is 0 Å². The Hall–Kier alpha value is -2.09. The van der Waals surface area contributed by atoms with Crippen molar-refractivity contribution in [2.75, 3.05) is 18.6 Å². The quantitative estimate of drug-likeness (QED) is 0.875. The number of amides is 1. The molecule has 8 heteroatoms. The Morgan fingerprint density at radius 3 is 2.91 bits per heavy atom. The van der Waals surface area contributed by atoms with E-state index in [2.05, 4.69) is 4.98 Å². The van der Waals surface area contributed by atoms with E-state index in [1.165, 1.54) is 4.90 Å². The number of carbonyl (C=O) groups is 1. The van der Waals surface area contributed by atoms with Crippen molar-refractivity contribution in [2.45, 2.75) is 18.9 Å². The number of aromatic nitrogens is 1. The second-order valence-corrected chi connectivity index (χ2v) is 7.81. The highest BCUT2D eigenvalue weighted by atomic mass is 32.2. The summed E-state index contributed by atoms with van der Waals surface area (Å²) in [5, 5.41) is 0. The molecule has 1 saturated heterocycles. The number of carbonyl (C=O) groups excluding carboxylic acids is 1. The fraction of sp³-hybridized carbons (Fsp3) is 0.429. The predicted octanol–water partition coefficient (Wildman–Crippen LogP) is 0.309. The molecule has 0 aliphatic carbocycles. The molecule has 0 saturated carbocycles. The standard InChI is InChI=1S/C14H16N2O5S/c1-16(10-4-5-22(19,20)8-10)13(17)7-9-2-3-12-11(6-9)15-14(18)21-12/h2-3,6,10H,4-5,7-8H2,1H3,(H,15,18). The normalized spacial score (nSPS) is 20.3. The van der Waals surface area contributed by atoms with Gasteiger partial charge in [-0.25, -0.2) is 13.2 Å².